The molecule has 6 nitrogen and oxygen atoms in total. The number of fused-ring (bicyclic) bond motifs is 1. The second kappa shape index (κ2) is 5.61. The highest BCUT2D eigenvalue weighted by atomic mass is 35.5. The smallest absolute Gasteiger partial charge is 0.228 e. The average Bonchev–Trinajstić information content (AvgIpc) is 3.23. The number of hydrogen-bond donors (Lipinski definition) is 0. The summed E-state index contributed by atoms with van der Waals surface area (Å²) in [5.41, 5.74) is 2.41. The molecule has 4 heterocycles. The lowest BCUT2D eigenvalue weighted by molar-refractivity contribution is 0.369. The summed E-state index contributed by atoms with van der Waals surface area (Å²) >= 11 is 5.84. The minimum Gasteiger partial charge on any atom is -0.351 e. The van der Waals surface area contributed by atoms with Gasteiger partial charge < -0.3 is 9.09 Å². The normalized spacial score (nSPS) is 14.2. The van der Waals surface area contributed by atoms with E-state index in [2.05, 4.69) is 32.1 Å². The maximum absolute atomic E-state index is 5.84. The van der Waals surface area contributed by atoms with Crippen LogP contribution >= 0.6 is 11.6 Å². The quantitative estimate of drug-likeness (QED) is 0.742. The van der Waals surface area contributed by atoms with Crippen LogP contribution in [0.5, 0.6) is 0 Å². The largest absolute Gasteiger partial charge is 0.351 e. The molecule has 3 aromatic heterocycles. The van der Waals surface area contributed by atoms with E-state index < -0.39 is 0 Å². The Bertz CT molecular complexity index is 788. The lowest BCUT2D eigenvalue weighted by Crippen LogP contribution is -2.09. The summed E-state index contributed by atoms with van der Waals surface area (Å²) in [6.45, 7) is 1.75. The summed E-state index contributed by atoms with van der Waals surface area (Å²) in [4.78, 5) is 4.52. The maximum atomic E-state index is 5.84. The van der Waals surface area contributed by atoms with Crippen LogP contribution in [0.2, 0.25) is 5.02 Å². The molecule has 0 aliphatic carbocycles. The lowest BCUT2D eigenvalue weighted by atomic mass is 10.1. The Labute approximate surface area is 132 Å². The van der Waals surface area contributed by atoms with E-state index in [0.29, 0.717) is 29.7 Å². The number of aromatic nitrogens is 5. The first-order valence-electron chi connectivity index (χ1n) is 7.48. The summed E-state index contributed by atoms with van der Waals surface area (Å²) in [5, 5.41) is 8.90. The van der Waals surface area contributed by atoms with Gasteiger partial charge in [0.25, 0.3) is 0 Å². The minimum atomic E-state index is 0.623. The van der Waals surface area contributed by atoms with E-state index in [1.165, 1.54) is 18.5 Å². The highest BCUT2D eigenvalue weighted by molar-refractivity contribution is 6.30. The first kappa shape index (κ1) is 13.6. The molecule has 4 rings (SSSR count). The molecule has 22 heavy (non-hydrogen) atoms. The van der Waals surface area contributed by atoms with Gasteiger partial charge in [-0.1, -0.05) is 16.8 Å². The molecule has 114 valence electrons. The van der Waals surface area contributed by atoms with Crippen molar-refractivity contribution in [3.05, 3.63) is 41.3 Å². The van der Waals surface area contributed by atoms with E-state index in [1.54, 1.807) is 17.1 Å². The molecule has 0 bridgehead atoms. The molecule has 0 saturated heterocycles. The Hall–Kier alpha value is -2.08. The van der Waals surface area contributed by atoms with Crippen LogP contribution in [0, 0.1) is 0 Å². The van der Waals surface area contributed by atoms with Crippen molar-refractivity contribution in [1.82, 2.24) is 24.5 Å². The molecular formula is C15H16ClN5O. The van der Waals surface area contributed by atoms with E-state index in [9.17, 15) is 0 Å². The molecule has 0 N–H and O–H groups in total. The topological polar surface area (TPSA) is 61.7 Å². The lowest BCUT2D eigenvalue weighted by Gasteiger charge is -2.15. The fourth-order valence-electron chi connectivity index (χ4n) is 2.91. The van der Waals surface area contributed by atoms with Crippen LogP contribution in [0.25, 0.3) is 11.4 Å². The Morgan fingerprint density at radius 2 is 2.27 bits per heavy atom. The van der Waals surface area contributed by atoms with Crippen molar-refractivity contribution < 1.29 is 4.52 Å². The SMILES string of the molecule is Clc1cnn(CCc2nc(-c3ccn4c3CCCC4)no2)c1. The zero-order valence-electron chi connectivity index (χ0n) is 12.1. The van der Waals surface area contributed by atoms with Crippen molar-refractivity contribution in [2.75, 3.05) is 0 Å². The van der Waals surface area contributed by atoms with E-state index in [4.69, 9.17) is 16.1 Å². The van der Waals surface area contributed by atoms with Crippen molar-refractivity contribution >= 4 is 11.6 Å². The van der Waals surface area contributed by atoms with Gasteiger partial charge in [0.1, 0.15) is 0 Å². The van der Waals surface area contributed by atoms with Gasteiger partial charge in [0, 0.05) is 43.2 Å². The molecule has 0 aromatic carbocycles. The molecule has 1 aliphatic heterocycles. The van der Waals surface area contributed by atoms with Gasteiger partial charge >= 0.3 is 0 Å². The fourth-order valence-corrected chi connectivity index (χ4v) is 3.06. The molecule has 0 atom stereocenters. The van der Waals surface area contributed by atoms with Crippen LogP contribution in [0.4, 0.5) is 0 Å². The summed E-state index contributed by atoms with van der Waals surface area (Å²) in [6.07, 6.45) is 9.70. The fraction of sp³-hybridized carbons (Fsp3) is 0.400. The van der Waals surface area contributed by atoms with Crippen molar-refractivity contribution in [2.45, 2.75) is 38.8 Å². The Morgan fingerprint density at radius 1 is 1.32 bits per heavy atom. The van der Waals surface area contributed by atoms with Gasteiger partial charge in [0.15, 0.2) is 0 Å². The average molecular weight is 318 g/mol. The second-order valence-electron chi connectivity index (χ2n) is 5.51. The van der Waals surface area contributed by atoms with Gasteiger partial charge in [-0.3, -0.25) is 4.68 Å². The molecule has 0 spiro atoms. The number of aryl methyl sites for hydroxylation is 3. The third kappa shape index (κ3) is 2.54. The van der Waals surface area contributed by atoms with Crippen molar-refractivity contribution in [2.24, 2.45) is 0 Å². The van der Waals surface area contributed by atoms with Crippen molar-refractivity contribution in [3.8, 4) is 11.4 Å². The zero-order chi connectivity index (χ0) is 14.9. The predicted octanol–water partition coefficient (Wildman–Crippen LogP) is 2.97. The van der Waals surface area contributed by atoms with Crippen LogP contribution in [0.1, 0.15) is 24.4 Å². The van der Waals surface area contributed by atoms with Gasteiger partial charge in [-0.15, -0.1) is 0 Å². The molecule has 7 heteroatoms. The van der Waals surface area contributed by atoms with Gasteiger partial charge in [-0.05, 0) is 25.3 Å². The molecule has 0 amide bonds. The van der Waals surface area contributed by atoms with Gasteiger partial charge in [0.2, 0.25) is 11.7 Å². The third-order valence-corrected chi connectivity index (χ3v) is 4.20. The monoisotopic (exact) mass is 317 g/mol. The standard InChI is InChI=1S/C15H16ClN5O/c16-11-9-17-21(10-11)8-5-14-18-15(19-22-14)12-4-7-20-6-2-1-3-13(12)20/h4,7,9-10H,1-3,5-6,8H2. The van der Waals surface area contributed by atoms with Gasteiger partial charge in [-0.25, -0.2) is 0 Å². The molecule has 0 unspecified atom stereocenters. The van der Waals surface area contributed by atoms with Crippen LogP contribution < -0.4 is 0 Å². The first-order valence-corrected chi connectivity index (χ1v) is 7.86. The van der Waals surface area contributed by atoms with Gasteiger partial charge in [0.05, 0.1) is 11.2 Å². The summed E-state index contributed by atoms with van der Waals surface area (Å²) in [6, 6.07) is 2.09. The third-order valence-electron chi connectivity index (χ3n) is 4.01. The number of nitrogens with zero attached hydrogens (tertiary/aromatic N) is 5. The second-order valence-corrected chi connectivity index (χ2v) is 5.95. The molecule has 0 radical (unpaired) electrons. The van der Waals surface area contributed by atoms with Crippen molar-refractivity contribution in [3.63, 3.8) is 0 Å². The molecule has 1 aliphatic rings. The van der Waals surface area contributed by atoms with E-state index >= 15 is 0 Å². The van der Waals surface area contributed by atoms with Crippen molar-refractivity contribution in [1.29, 1.82) is 0 Å². The van der Waals surface area contributed by atoms with E-state index in [-0.39, 0.29) is 0 Å². The van der Waals surface area contributed by atoms with Crippen LogP contribution in [-0.2, 0) is 25.9 Å². The van der Waals surface area contributed by atoms with Crippen LogP contribution in [0.3, 0.4) is 0 Å². The predicted molar refractivity (Wildman–Crippen MR) is 81.6 cm³/mol. The number of rotatable bonds is 4. The number of halogens is 1. The Kier molecular flexibility index (Phi) is 3.46. The highest BCUT2D eigenvalue weighted by Crippen LogP contribution is 2.27. The Balaban J connectivity index is 1.50. The summed E-state index contributed by atoms with van der Waals surface area (Å²) in [7, 11) is 0. The first-order chi connectivity index (χ1) is 10.8. The summed E-state index contributed by atoms with van der Waals surface area (Å²) < 4.78 is 9.43. The number of hydrogen-bond acceptors (Lipinski definition) is 4. The van der Waals surface area contributed by atoms with Crippen LogP contribution in [0.15, 0.2) is 29.2 Å². The molecule has 0 saturated carbocycles. The molecular weight excluding hydrogens is 302 g/mol. The van der Waals surface area contributed by atoms with E-state index in [1.807, 2.05) is 0 Å². The zero-order valence-corrected chi connectivity index (χ0v) is 12.8. The van der Waals surface area contributed by atoms with Gasteiger partial charge in [-0.2, -0.15) is 10.1 Å². The van der Waals surface area contributed by atoms with E-state index in [0.717, 1.165) is 18.5 Å². The highest BCUT2D eigenvalue weighted by Gasteiger charge is 2.18. The van der Waals surface area contributed by atoms with Crippen LogP contribution in [-0.4, -0.2) is 24.5 Å². The minimum absolute atomic E-state index is 0.623. The molecule has 3 aromatic rings. The summed E-state index contributed by atoms with van der Waals surface area (Å²) in [5.74, 6) is 1.31. The maximum Gasteiger partial charge on any atom is 0.228 e. The Morgan fingerprint density at radius 3 is 3.14 bits per heavy atom. The molecule has 0 fully saturated rings.